The van der Waals surface area contributed by atoms with E-state index < -0.39 is 0 Å². The molecule has 0 atom stereocenters. The first-order chi connectivity index (χ1) is 4.61. The Balaban J connectivity index is 0.000001000. The summed E-state index contributed by atoms with van der Waals surface area (Å²) in [6.07, 6.45) is 0. The van der Waals surface area contributed by atoms with Gasteiger partial charge in [-0.15, -0.1) is 0 Å². The second-order valence-corrected chi connectivity index (χ2v) is 4.32. The molecular weight excluding hydrogens is 335 g/mol. The van der Waals surface area contributed by atoms with Crippen molar-refractivity contribution in [3.63, 3.8) is 0 Å². The molecule has 0 aliphatic carbocycles. The molecule has 0 aromatic heterocycles. The van der Waals surface area contributed by atoms with E-state index in [1.54, 1.807) is 12.1 Å². The van der Waals surface area contributed by atoms with Crippen molar-refractivity contribution in [3.8, 4) is 5.75 Å². The first-order valence-corrected chi connectivity index (χ1v) is 4.80. The van der Waals surface area contributed by atoms with Crippen molar-refractivity contribution >= 4 is 47.8 Å². The Hall–Kier alpha value is 1.06. The van der Waals surface area contributed by atoms with E-state index in [2.05, 4.69) is 47.8 Å². The molecule has 0 fully saturated rings. The normalized spacial score (nSPS) is 9.00. The Bertz CT molecular complexity index is 241. The minimum absolute atomic E-state index is 0. The van der Waals surface area contributed by atoms with E-state index in [9.17, 15) is 5.11 Å². The molecule has 0 saturated carbocycles. The Morgan fingerprint density at radius 3 is 1.73 bits per heavy atom. The van der Waals surface area contributed by atoms with Crippen LogP contribution in [0, 0.1) is 0 Å². The largest absolute Gasteiger partial charge is 1.00 e. The van der Waals surface area contributed by atoms with Crippen LogP contribution in [-0.2, 0) is 0 Å². The third-order valence-corrected chi connectivity index (χ3v) is 2.60. The molecule has 1 rings (SSSR count). The molecule has 0 radical (unpaired) electrons. The van der Waals surface area contributed by atoms with Crippen molar-refractivity contribution in [2.75, 3.05) is 0 Å². The third kappa shape index (κ3) is 3.12. The maximum atomic E-state index is 11.0. The topological polar surface area (TPSA) is 23.1 Å². The summed E-state index contributed by atoms with van der Waals surface area (Å²) in [5.74, 6) is -0.0248. The van der Waals surface area contributed by atoms with Gasteiger partial charge < -0.3 is 5.11 Å². The molecular formula is C6H2Br3LiO. The SMILES string of the molecule is [Li+].[O-]c1c(Br)cc(Br)cc1Br. The molecule has 0 bridgehead atoms. The maximum absolute atomic E-state index is 11.0. The second kappa shape index (κ2) is 4.93. The zero-order valence-electron chi connectivity index (χ0n) is 5.70. The van der Waals surface area contributed by atoms with Crippen molar-refractivity contribution in [1.29, 1.82) is 0 Å². The predicted molar refractivity (Wildman–Crippen MR) is 49.0 cm³/mol. The van der Waals surface area contributed by atoms with E-state index in [1.165, 1.54) is 0 Å². The summed E-state index contributed by atoms with van der Waals surface area (Å²) in [5, 5.41) is 11.0. The van der Waals surface area contributed by atoms with E-state index >= 15 is 0 Å². The van der Waals surface area contributed by atoms with Gasteiger partial charge in [0.05, 0.1) is 0 Å². The van der Waals surface area contributed by atoms with Crippen LogP contribution >= 0.6 is 47.8 Å². The fourth-order valence-corrected chi connectivity index (χ4v) is 2.79. The van der Waals surface area contributed by atoms with Crippen molar-refractivity contribution < 1.29 is 24.0 Å². The van der Waals surface area contributed by atoms with Gasteiger partial charge in [-0.1, -0.05) is 53.5 Å². The van der Waals surface area contributed by atoms with Crippen LogP contribution < -0.4 is 24.0 Å². The maximum Gasteiger partial charge on any atom is 1.00 e. The van der Waals surface area contributed by atoms with Gasteiger partial charge in [0.15, 0.2) is 0 Å². The molecule has 54 valence electrons. The average molecular weight is 337 g/mol. The summed E-state index contributed by atoms with van der Waals surface area (Å²) < 4.78 is 2.01. The zero-order chi connectivity index (χ0) is 7.72. The van der Waals surface area contributed by atoms with Crippen LogP contribution in [0.1, 0.15) is 0 Å². The molecule has 0 amide bonds. The van der Waals surface area contributed by atoms with Gasteiger partial charge in [0.2, 0.25) is 0 Å². The molecule has 0 saturated heterocycles. The quantitative estimate of drug-likeness (QED) is 0.614. The molecule has 0 aliphatic heterocycles. The average Bonchev–Trinajstić information content (AvgIpc) is 1.82. The number of benzene rings is 1. The number of hydrogen-bond acceptors (Lipinski definition) is 1. The minimum atomic E-state index is -0.0248. The molecule has 0 aliphatic rings. The van der Waals surface area contributed by atoms with Gasteiger partial charge in [-0.2, -0.15) is 0 Å². The number of rotatable bonds is 0. The van der Waals surface area contributed by atoms with E-state index in [4.69, 9.17) is 0 Å². The predicted octanol–water partition coefficient (Wildman–Crippen LogP) is 0.0517. The monoisotopic (exact) mass is 334 g/mol. The van der Waals surface area contributed by atoms with Crippen molar-refractivity contribution in [2.45, 2.75) is 0 Å². The van der Waals surface area contributed by atoms with Crippen LogP contribution in [0.3, 0.4) is 0 Å². The molecule has 5 heteroatoms. The van der Waals surface area contributed by atoms with Crippen LogP contribution in [0.4, 0.5) is 0 Å². The van der Waals surface area contributed by atoms with Gasteiger partial charge in [-0.3, -0.25) is 0 Å². The molecule has 0 heterocycles. The Kier molecular flexibility index (Phi) is 5.41. The van der Waals surface area contributed by atoms with Gasteiger partial charge in [0, 0.05) is 13.4 Å². The van der Waals surface area contributed by atoms with E-state index in [0.29, 0.717) is 8.95 Å². The summed E-state index contributed by atoms with van der Waals surface area (Å²) >= 11 is 9.50. The summed E-state index contributed by atoms with van der Waals surface area (Å²) in [4.78, 5) is 0. The fourth-order valence-electron chi connectivity index (χ4n) is 0.529. The molecule has 0 unspecified atom stereocenters. The Labute approximate surface area is 102 Å². The van der Waals surface area contributed by atoms with E-state index in [-0.39, 0.29) is 24.6 Å². The van der Waals surface area contributed by atoms with Gasteiger partial charge in [-0.25, -0.2) is 0 Å². The van der Waals surface area contributed by atoms with E-state index in [1.807, 2.05) is 0 Å². The second-order valence-electron chi connectivity index (χ2n) is 1.70. The van der Waals surface area contributed by atoms with Crippen LogP contribution in [0.15, 0.2) is 25.6 Å². The molecule has 1 nitrogen and oxygen atoms in total. The van der Waals surface area contributed by atoms with Crippen LogP contribution in [0.25, 0.3) is 0 Å². The molecule has 1 aromatic carbocycles. The molecule has 0 N–H and O–H groups in total. The van der Waals surface area contributed by atoms with Crippen LogP contribution in [-0.4, -0.2) is 0 Å². The van der Waals surface area contributed by atoms with E-state index in [0.717, 1.165) is 4.47 Å². The van der Waals surface area contributed by atoms with Crippen LogP contribution in [0.2, 0.25) is 0 Å². The standard InChI is InChI=1S/C6H3Br3O.Li/c7-3-1-4(8)6(10)5(9)2-3;/h1-2,10H;/q;+1/p-1. The van der Waals surface area contributed by atoms with Gasteiger partial charge >= 0.3 is 18.9 Å². The number of hydrogen-bond donors (Lipinski definition) is 0. The summed E-state index contributed by atoms with van der Waals surface area (Å²) in [6, 6.07) is 3.43. The minimum Gasteiger partial charge on any atom is -0.871 e. The first kappa shape index (κ1) is 12.1. The Morgan fingerprint density at radius 2 is 1.36 bits per heavy atom. The Morgan fingerprint density at radius 1 is 1.00 bits per heavy atom. The summed E-state index contributed by atoms with van der Waals surface area (Å²) in [7, 11) is 0. The van der Waals surface area contributed by atoms with Gasteiger partial charge in [0.1, 0.15) is 0 Å². The van der Waals surface area contributed by atoms with Crippen molar-refractivity contribution in [2.24, 2.45) is 0 Å². The summed E-state index contributed by atoms with van der Waals surface area (Å²) in [6.45, 7) is 0. The first-order valence-electron chi connectivity index (χ1n) is 2.43. The smallest absolute Gasteiger partial charge is 0.871 e. The van der Waals surface area contributed by atoms with Crippen molar-refractivity contribution in [1.82, 2.24) is 0 Å². The molecule has 11 heavy (non-hydrogen) atoms. The summed E-state index contributed by atoms with van der Waals surface area (Å²) in [5.41, 5.74) is 0. The molecule has 0 spiro atoms. The molecule has 1 aromatic rings. The number of halogens is 3. The third-order valence-electron chi connectivity index (χ3n) is 0.963. The zero-order valence-corrected chi connectivity index (χ0v) is 10.5. The van der Waals surface area contributed by atoms with Gasteiger partial charge in [-0.05, 0) is 12.1 Å². The fraction of sp³-hybridized carbons (Fsp3) is 0. The van der Waals surface area contributed by atoms with Gasteiger partial charge in [0.25, 0.3) is 0 Å². The van der Waals surface area contributed by atoms with Crippen molar-refractivity contribution in [3.05, 3.63) is 25.6 Å². The van der Waals surface area contributed by atoms with Crippen LogP contribution in [0.5, 0.6) is 5.75 Å².